The Morgan fingerprint density at radius 1 is 0.382 bits per heavy atom. The van der Waals surface area contributed by atoms with Crippen molar-refractivity contribution >= 4 is 34.4 Å². The minimum absolute atomic E-state index is 0.0363. The predicted octanol–water partition coefficient (Wildman–Crippen LogP) is 15.5. The van der Waals surface area contributed by atoms with Crippen LogP contribution in [-0.4, -0.2) is 46.7 Å². The van der Waals surface area contributed by atoms with E-state index in [0.29, 0.717) is 0 Å². The Morgan fingerprint density at radius 3 is 1.00 bits per heavy atom. The Kier molecular flexibility index (Phi) is 16.4. The zero-order valence-electron chi connectivity index (χ0n) is 35.0. The fraction of sp³-hybridized carbons (Fsp3) is 0.765. The molecule has 6 fully saturated rings. The molecule has 0 bridgehead atoms. The average molecular weight is 801 g/mol. The van der Waals surface area contributed by atoms with Crippen molar-refractivity contribution in [3.8, 4) is 0 Å². The highest BCUT2D eigenvalue weighted by molar-refractivity contribution is 7.67. The summed E-state index contributed by atoms with van der Waals surface area (Å²) in [6, 6.07) is 20.2. The molecule has 2 aromatic rings. The summed E-state index contributed by atoms with van der Waals surface area (Å²) in [5, 5.41) is 3.55. The molecule has 304 valence electrons. The van der Waals surface area contributed by atoms with Crippen LogP contribution in [0.3, 0.4) is 0 Å². The van der Waals surface area contributed by atoms with Gasteiger partial charge in [0.25, 0.3) is 0 Å². The van der Waals surface area contributed by atoms with Gasteiger partial charge in [-0.25, -0.2) is 0 Å². The van der Waals surface area contributed by atoms with Gasteiger partial charge in [-0.3, -0.25) is 0 Å². The third-order valence-electron chi connectivity index (χ3n) is 15.6. The third kappa shape index (κ3) is 10.7. The van der Waals surface area contributed by atoms with E-state index in [9.17, 15) is 0 Å². The van der Waals surface area contributed by atoms with Gasteiger partial charge in [-0.15, -0.1) is 0 Å². The molecule has 0 aliphatic heterocycles. The van der Waals surface area contributed by atoms with Gasteiger partial charge in [0.15, 0.2) is 0 Å². The molecule has 6 aliphatic rings. The van der Waals surface area contributed by atoms with E-state index in [-0.39, 0.29) is 29.9 Å². The molecule has 8 rings (SSSR count). The van der Waals surface area contributed by atoms with E-state index in [0.717, 1.165) is 40.6 Å². The van der Waals surface area contributed by atoms with Crippen LogP contribution in [0.2, 0.25) is 0 Å². The van der Waals surface area contributed by atoms with Crippen molar-refractivity contribution in [2.24, 2.45) is 0 Å². The van der Waals surface area contributed by atoms with Crippen LogP contribution in [0.1, 0.15) is 210 Å². The molecular formula is C51H79OP3. The summed E-state index contributed by atoms with van der Waals surface area (Å²) in [6.45, 7) is 0.974. The summed E-state index contributed by atoms with van der Waals surface area (Å²) in [5.41, 5.74) is 8.88. The molecular weight excluding hydrogens is 721 g/mol. The highest BCUT2D eigenvalue weighted by Crippen LogP contribution is 2.59. The molecule has 0 heterocycles. The van der Waals surface area contributed by atoms with Gasteiger partial charge in [-0.1, -0.05) is 188 Å². The summed E-state index contributed by atoms with van der Waals surface area (Å²) < 4.78 is 7.79. The van der Waals surface area contributed by atoms with Gasteiger partial charge in [0, 0.05) is 0 Å². The quantitative estimate of drug-likeness (QED) is 0.173. The topological polar surface area (TPSA) is 9.23 Å². The number of rotatable bonds is 14. The first kappa shape index (κ1) is 41.4. The van der Waals surface area contributed by atoms with Crippen molar-refractivity contribution in [3.05, 3.63) is 59.7 Å². The van der Waals surface area contributed by atoms with Crippen LogP contribution < -0.4 is 10.6 Å². The lowest BCUT2D eigenvalue weighted by Crippen LogP contribution is -2.32. The van der Waals surface area contributed by atoms with Crippen LogP contribution in [-0.2, 0) is 4.74 Å². The van der Waals surface area contributed by atoms with Gasteiger partial charge in [0.05, 0.1) is 6.61 Å². The van der Waals surface area contributed by atoms with Crippen molar-refractivity contribution < 1.29 is 4.74 Å². The van der Waals surface area contributed by atoms with Gasteiger partial charge in [0.2, 0.25) is 0 Å². The Labute approximate surface area is 342 Å². The van der Waals surface area contributed by atoms with Gasteiger partial charge in [0.1, 0.15) is 6.10 Å². The van der Waals surface area contributed by atoms with Crippen LogP contribution in [0.15, 0.2) is 48.5 Å². The van der Waals surface area contributed by atoms with E-state index in [1.165, 1.54) is 199 Å². The van der Waals surface area contributed by atoms with E-state index in [1.807, 2.05) is 0 Å². The monoisotopic (exact) mass is 801 g/mol. The minimum Gasteiger partial charge on any atom is -0.368 e. The first-order valence-electron chi connectivity index (χ1n) is 24.5. The molecule has 0 saturated heterocycles. The normalized spacial score (nSPS) is 24.1. The van der Waals surface area contributed by atoms with Gasteiger partial charge < -0.3 is 4.74 Å². The number of hydrogen-bond acceptors (Lipinski definition) is 1. The summed E-state index contributed by atoms with van der Waals surface area (Å²) >= 11 is 0. The molecule has 2 aromatic carbocycles. The minimum atomic E-state index is -0.204. The molecule has 0 unspecified atom stereocenters. The fourth-order valence-electron chi connectivity index (χ4n) is 12.8. The standard InChI is InChI=1S/C51H79OP3/c1-7-23-41(24-8-1)53(42-25-9-2-10-26-42)40-39-52-51(47-35-19-21-37-49(47)54(43-27-11-3-12-28-43)44-29-13-4-14-30-44)48-36-20-22-38-50(48)55(45-31-15-5-16-32-45)46-33-17-6-18-34-46/h19-22,35-38,41-46,51H,1-18,23-34,39-40H2. The van der Waals surface area contributed by atoms with Gasteiger partial charge >= 0.3 is 0 Å². The number of hydrogen-bond donors (Lipinski definition) is 0. The van der Waals surface area contributed by atoms with E-state index in [1.54, 1.807) is 21.7 Å². The SMILES string of the molecule is c1ccc(P(C2CCCCC2)C2CCCCC2)c(C(OCCP(C2CCCCC2)C2CCCCC2)c2ccccc2P(C2CCCCC2)C2CCCCC2)c1. The molecule has 0 radical (unpaired) electrons. The number of ether oxygens (including phenoxy) is 1. The summed E-state index contributed by atoms with van der Waals surface area (Å²) in [7, 11) is -0.371. The molecule has 6 aliphatic carbocycles. The second kappa shape index (κ2) is 21.8. The lowest BCUT2D eigenvalue weighted by atomic mass is 9.99. The molecule has 0 atom stereocenters. The van der Waals surface area contributed by atoms with E-state index in [2.05, 4.69) is 48.5 Å². The molecule has 6 saturated carbocycles. The van der Waals surface area contributed by atoms with Crippen molar-refractivity contribution in [2.75, 3.05) is 12.8 Å². The zero-order valence-corrected chi connectivity index (χ0v) is 37.7. The van der Waals surface area contributed by atoms with Crippen LogP contribution in [0.5, 0.6) is 0 Å². The smallest absolute Gasteiger partial charge is 0.109 e. The molecule has 4 heteroatoms. The van der Waals surface area contributed by atoms with Crippen molar-refractivity contribution in [3.63, 3.8) is 0 Å². The Balaban J connectivity index is 1.18. The maximum atomic E-state index is 7.79. The molecule has 0 aromatic heterocycles. The van der Waals surface area contributed by atoms with Gasteiger partial charge in [-0.2, -0.15) is 0 Å². The summed E-state index contributed by atoms with van der Waals surface area (Å²) in [4.78, 5) is 0. The number of benzene rings is 2. The van der Waals surface area contributed by atoms with Crippen LogP contribution in [0.4, 0.5) is 0 Å². The Bertz CT molecular complexity index is 1250. The van der Waals surface area contributed by atoms with Crippen molar-refractivity contribution in [1.82, 2.24) is 0 Å². The summed E-state index contributed by atoms with van der Waals surface area (Å²) in [5.74, 6) is 0. The largest absolute Gasteiger partial charge is 0.368 e. The first-order valence-corrected chi connectivity index (χ1v) is 29.1. The van der Waals surface area contributed by atoms with E-state index in [4.69, 9.17) is 4.74 Å². The first-order chi connectivity index (χ1) is 27.3. The van der Waals surface area contributed by atoms with Crippen molar-refractivity contribution in [1.29, 1.82) is 0 Å². The molecule has 0 amide bonds. The van der Waals surface area contributed by atoms with Crippen LogP contribution in [0.25, 0.3) is 0 Å². The fourth-order valence-corrected chi connectivity index (χ4v) is 24.5. The second-order valence-electron chi connectivity index (χ2n) is 19.2. The maximum Gasteiger partial charge on any atom is 0.109 e. The predicted molar refractivity (Wildman–Crippen MR) is 247 cm³/mol. The van der Waals surface area contributed by atoms with E-state index >= 15 is 0 Å². The third-order valence-corrected chi connectivity index (χ3v) is 26.3. The molecule has 0 spiro atoms. The molecule has 0 N–H and O–H groups in total. The van der Waals surface area contributed by atoms with Crippen LogP contribution >= 0.6 is 23.8 Å². The van der Waals surface area contributed by atoms with E-state index < -0.39 is 0 Å². The van der Waals surface area contributed by atoms with Crippen molar-refractivity contribution in [2.45, 2.75) is 233 Å². The lowest BCUT2D eigenvalue weighted by molar-refractivity contribution is 0.0941. The highest BCUT2D eigenvalue weighted by Gasteiger charge is 2.39. The highest BCUT2D eigenvalue weighted by atomic mass is 31.1. The Hall–Kier alpha value is -0.310. The molecule has 55 heavy (non-hydrogen) atoms. The summed E-state index contributed by atoms with van der Waals surface area (Å²) in [6.07, 6.45) is 45.7. The second-order valence-corrected chi connectivity index (χ2v) is 27.6. The maximum absolute atomic E-state index is 7.79. The Morgan fingerprint density at radius 2 is 0.673 bits per heavy atom. The zero-order chi connectivity index (χ0) is 37.1. The lowest BCUT2D eigenvalue weighted by Gasteiger charge is -2.42. The average Bonchev–Trinajstić information content (AvgIpc) is 3.27. The van der Waals surface area contributed by atoms with Crippen LogP contribution in [0, 0.1) is 0 Å². The molecule has 1 nitrogen and oxygen atoms in total. The van der Waals surface area contributed by atoms with Gasteiger partial charge in [-0.05, 0) is 139 Å².